The van der Waals surface area contributed by atoms with Crippen LogP contribution in [-0.4, -0.2) is 4.98 Å². The average Bonchev–Trinajstić information content (AvgIpc) is 3.51. The van der Waals surface area contributed by atoms with E-state index in [0.717, 1.165) is 71.7 Å². The summed E-state index contributed by atoms with van der Waals surface area (Å²) in [5.41, 5.74) is 11.6. The lowest BCUT2D eigenvalue weighted by Crippen LogP contribution is -1.92. The summed E-state index contributed by atoms with van der Waals surface area (Å²) in [7, 11) is 0. The number of hydrogen-bond acceptors (Lipinski definition) is 2. The summed E-state index contributed by atoms with van der Waals surface area (Å²) in [6, 6.07) is 57.8. The van der Waals surface area contributed by atoms with Gasteiger partial charge in [0.25, 0.3) is 0 Å². The minimum Gasteiger partial charge on any atom is -0.455 e. The second-order valence-corrected chi connectivity index (χ2v) is 11.5. The van der Waals surface area contributed by atoms with E-state index in [2.05, 4.69) is 158 Å². The highest BCUT2D eigenvalue weighted by molar-refractivity contribution is 6.30. The van der Waals surface area contributed by atoms with Crippen LogP contribution in [0.15, 0.2) is 168 Å². The van der Waals surface area contributed by atoms with E-state index < -0.39 is 0 Å². The molecule has 0 bridgehead atoms. The summed E-state index contributed by atoms with van der Waals surface area (Å²) < 4.78 is 6.81. The zero-order chi connectivity index (χ0) is 29.7. The van der Waals surface area contributed by atoms with Crippen LogP contribution in [0.1, 0.15) is 0 Å². The van der Waals surface area contributed by atoms with E-state index in [1.165, 1.54) is 16.5 Å². The first-order valence-corrected chi connectivity index (χ1v) is 15.3. The van der Waals surface area contributed by atoms with Crippen LogP contribution < -0.4 is 0 Å². The molecule has 2 aromatic heterocycles. The molecular weight excluding hydrogens is 546 g/mol. The van der Waals surface area contributed by atoms with Crippen molar-refractivity contribution in [3.8, 4) is 44.6 Å². The second-order valence-electron chi connectivity index (χ2n) is 11.5. The summed E-state index contributed by atoms with van der Waals surface area (Å²) in [5.74, 6) is 0. The van der Waals surface area contributed by atoms with E-state index >= 15 is 0 Å². The summed E-state index contributed by atoms with van der Waals surface area (Å²) in [5, 5.41) is 5.64. The lowest BCUT2D eigenvalue weighted by atomic mass is 9.89. The third kappa shape index (κ3) is 4.22. The highest BCUT2D eigenvalue weighted by atomic mass is 16.3. The largest absolute Gasteiger partial charge is 0.455 e. The van der Waals surface area contributed by atoms with Crippen molar-refractivity contribution in [2.75, 3.05) is 0 Å². The Morgan fingerprint density at radius 3 is 1.58 bits per heavy atom. The van der Waals surface area contributed by atoms with Gasteiger partial charge < -0.3 is 4.42 Å². The van der Waals surface area contributed by atoms with Crippen molar-refractivity contribution < 1.29 is 4.42 Å². The van der Waals surface area contributed by atoms with Gasteiger partial charge in [0.1, 0.15) is 11.2 Å². The van der Waals surface area contributed by atoms with Crippen molar-refractivity contribution in [3.63, 3.8) is 0 Å². The van der Waals surface area contributed by atoms with Gasteiger partial charge in [0, 0.05) is 38.1 Å². The first kappa shape index (κ1) is 25.5. The quantitative estimate of drug-likeness (QED) is 0.196. The predicted molar refractivity (Wildman–Crippen MR) is 188 cm³/mol. The Bertz CT molecular complexity index is 2460. The van der Waals surface area contributed by atoms with Gasteiger partial charge in [-0.15, -0.1) is 0 Å². The van der Waals surface area contributed by atoms with Crippen LogP contribution in [0.3, 0.4) is 0 Å². The van der Waals surface area contributed by atoms with Crippen molar-refractivity contribution in [3.05, 3.63) is 164 Å². The van der Waals surface area contributed by atoms with Crippen LogP contribution in [-0.2, 0) is 0 Å². The van der Waals surface area contributed by atoms with E-state index in [1.807, 2.05) is 6.07 Å². The summed E-state index contributed by atoms with van der Waals surface area (Å²) in [6.07, 6.45) is 0. The van der Waals surface area contributed by atoms with Gasteiger partial charge in [-0.3, -0.25) is 0 Å². The maximum atomic E-state index is 6.81. The van der Waals surface area contributed by atoms with Gasteiger partial charge in [-0.05, 0) is 64.2 Å². The fraction of sp³-hybridized carbons (Fsp3) is 0. The van der Waals surface area contributed by atoms with Crippen LogP contribution in [0.25, 0.3) is 88.3 Å². The molecule has 0 N–H and O–H groups in total. The third-order valence-electron chi connectivity index (χ3n) is 8.81. The topological polar surface area (TPSA) is 26.0 Å². The van der Waals surface area contributed by atoms with Gasteiger partial charge in [-0.25, -0.2) is 4.98 Å². The van der Waals surface area contributed by atoms with E-state index in [9.17, 15) is 0 Å². The molecule has 2 nitrogen and oxygen atoms in total. The second kappa shape index (κ2) is 10.3. The normalized spacial score (nSPS) is 11.6. The Morgan fingerprint density at radius 2 is 0.911 bits per heavy atom. The first-order valence-electron chi connectivity index (χ1n) is 15.3. The molecule has 0 fully saturated rings. The molecule has 0 atom stereocenters. The van der Waals surface area contributed by atoms with Crippen molar-refractivity contribution >= 4 is 43.6 Å². The summed E-state index contributed by atoms with van der Waals surface area (Å²) >= 11 is 0. The van der Waals surface area contributed by atoms with Gasteiger partial charge in [-0.1, -0.05) is 127 Å². The molecule has 0 spiro atoms. The molecule has 2 heteroatoms. The van der Waals surface area contributed by atoms with Crippen molar-refractivity contribution in [1.29, 1.82) is 0 Å². The van der Waals surface area contributed by atoms with Crippen LogP contribution in [0.5, 0.6) is 0 Å². The summed E-state index contributed by atoms with van der Waals surface area (Å²) in [4.78, 5) is 5.28. The zero-order valence-corrected chi connectivity index (χ0v) is 24.4. The van der Waals surface area contributed by atoms with Crippen LogP contribution in [0, 0.1) is 0 Å². The number of nitrogens with zero attached hydrogens (tertiary/aromatic N) is 1. The van der Waals surface area contributed by atoms with E-state index in [-0.39, 0.29) is 0 Å². The summed E-state index contributed by atoms with van der Waals surface area (Å²) in [6.45, 7) is 0. The maximum Gasteiger partial charge on any atom is 0.143 e. The Morgan fingerprint density at radius 1 is 0.378 bits per heavy atom. The Hall–Kier alpha value is -5.99. The van der Waals surface area contributed by atoms with E-state index in [0.29, 0.717) is 0 Å². The molecule has 0 aliphatic carbocycles. The average molecular weight is 574 g/mol. The molecule has 7 aromatic carbocycles. The number of hydrogen-bond donors (Lipinski definition) is 0. The molecule has 9 aromatic rings. The molecule has 0 radical (unpaired) electrons. The minimum atomic E-state index is 0.880. The van der Waals surface area contributed by atoms with Crippen LogP contribution in [0.2, 0.25) is 0 Å². The lowest BCUT2D eigenvalue weighted by molar-refractivity contribution is 0.670. The number of furan rings is 1. The first-order chi connectivity index (χ1) is 22.3. The molecule has 0 aliphatic heterocycles. The number of para-hydroxylation sites is 2. The fourth-order valence-electron chi connectivity index (χ4n) is 6.74. The molecule has 0 saturated heterocycles. The Balaban J connectivity index is 1.46. The standard InChI is InChI=1S/C43H27NO/c1-4-14-28(15-5-1)31-24-32(29-16-6-2-7-17-29)26-33(25-31)36-27-37-40(41-35-21-11-13-23-39(35)45-43(36)41)34-20-10-12-22-38(34)44-42(37)30-18-8-3-9-19-30/h1-27H. The molecular formula is C43H27NO. The van der Waals surface area contributed by atoms with E-state index in [1.54, 1.807) is 0 Å². The molecule has 0 aliphatic rings. The zero-order valence-electron chi connectivity index (χ0n) is 24.4. The maximum absolute atomic E-state index is 6.81. The number of pyridine rings is 1. The van der Waals surface area contributed by atoms with Crippen LogP contribution in [0.4, 0.5) is 0 Å². The molecule has 9 rings (SSSR count). The van der Waals surface area contributed by atoms with Gasteiger partial charge >= 0.3 is 0 Å². The van der Waals surface area contributed by atoms with Crippen LogP contribution >= 0.6 is 0 Å². The predicted octanol–water partition coefficient (Wildman–Crippen LogP) is 12.0. The SMILES string of the molecule is c1ccc(-c2cc(-c3ccccc3)cc(-c3cc4c(-c5ccccc5)nc5ccccc5c4c4c3oc3ccccc34)c2)cc1. The molecule has 2 heterocycles. The molecule has 210 valence electrons. The van der Waals surface area contributed by atoms with Gasteiger partial charge in [0.05, 0.1) is 11.2 Å². The highest BCUT2D eigenvalue weighted by Gasteiger charge is 2.22. The molecule has 0 amide bonds. The monoisotopic (exact) mass is 573 g/mol. The van der Waals surface area contributed by atoms with E-state index in [4.69, 9.17) is 9.40 Å². The Kier molecular flexibility index (Phi) is 5.85. The number of benzene rings is 7. The third-order valence-corrected chi connectivity index (χ3v) is 8.81. The minimum absolute atomic E-state index is 0.880. The van der Waals surface area contributed by atoms with Gasteiger partial charge in [-0.2, -0.15) is 0 Å². The number of fused-ring (bicyclic) bond motifs is 7. The molecule has 0 unspecified atom stereocenters. The van der Waals surface area contributed by atoms with Crippen molar-refractivity contribution in [2.24, 2.45) is 0 Å². The highest BCUT2D eigenvalue weighted by Crippen LogP contribution is 2.46. The fourth-order valence-corrected chi connectivity index (χ4v) is 6.74. The van der Waals surface area contributed by atoms with Crippen molar-refractivity contribution in [2.45, 2.75) is 0 Å². The number of rotatable bonds is 4. The molecule has 45 heavy (non-hydrogen) atoms. The number of aromatic nitrogens is 1. The Labute approximate surface area is 260 Å². The smallest absolute Gasteiger partial charge is 0.143 e. The molecule has 0 saturated carbocycles. The lowest BCUT2D eigenvalue weighted by Gasteiger charge is -2.15. The van der Waals surface area contributed by atoms with Gasteiger partial charge in [0.2, 0.25) is 0 Å². The van der Waals surface area contributed by atoms with Gasteiger partial charge in [0.15, 0.2) is 0 Å². The van der Waals surface area contributed by atoms with Crippen molar-refractivity contribution in [1.82, 2.24) is 4.98 Å².